The molecular formula is C20H23ClFN5OS. The van der Waals surface area contributed by atoms with Crippen molar-refractivity contribution in [3.63, 3.8) is 0 Å². The van der Waals surface area contributed by atoms with Crippen LogP contribution in [0, 0.1) is 5.82 Å². The van der Waals surface area contributed by atoms with E-state index in [1.807, 2.05) is 35.1 Å². The molecule has 0 radical (unpaired) electrons. The third kappa shape index (κ3) is 5.26. The lowest BCUT2D eigenvalue weighted by atomic mass is 10.2. The largest absolute Gasteiger partial charge is 0.340 e. The molecular weight excluding hydrogens is 413 g/mol. The van der Waals surface area contributed by atoms with E-state index < -0.39 is 5.82 Å². The summed E-state index contributed by atoms with van der Waals surface area (Å²) in [5, 5.41) is 12.1. The molecule has 0 fully saturated rings. The van der Waals surface area contributed by atoms with Crippen molar-refractivity contribution in [3.8, 4) is 0 Å². The van der Waals surface area contributed by atoms with Crippen LogP contribution in [0.4, 0.5) is 4.39 Å². The Morgan fingerprint density at radius 2 is 2.14 bits per heavy atom. The highest BCUT2D eigenvalue weighted by molar-refractivity contribution is 7.98. The minimum absolute atomic E-state index is 0.101. The van der Waals surface area contributed by atoms with Gasteiger partial charge in [0, 0.05) is 30.4 Å². The maximum atomic E-state index is 14.0. The molecule has 154 valence electrons. The molecule has 1 amide bonds. The van der Waals surface area contributed by atoms with E-state index in [0.29, 0.717) is 10.6 Å². The zero-order valence-corrected chi connectivity index (χ0v) is 17.9. The number of fused-ring (bicyclic) bond motifs is 1. The van der Waals surface area contributed by atoms with Gasteiger partial charge in [0.25, 0.3) is 0 Å². The molecule has 0 bridgehead atoms. The van der Waals surface area contributed by atoms with Crippen molar-refractivity contribution >= 4 is 34.9 Å². The van der Waals surface area contributed by atoms with Gasteiger partial charge in [-0.15, -0.1) is 10.2 Å². The Kier molecular flexibility index (Phi) is 7.46. The number of carbonyl (C=O) groups excluding carboxylic acids is 1. The van der Waals surface area contributed by atoms with Crippen molar-refractivity contribution in [2.24, 2.45) is 0 Å². The molecule has 0 saturated carbocycles. The van der Waals surface area contributed by atoms with E-state index in [9.17, 15) is 9.18 Å². The summed E-state index contributed by atoms with van der Waals surface area (Å²) in [6, 6.07) is 10.1. The van der Waals surface area contributed by atoms with Crippen LogP contribution in [0.1, 0.15) is 23.9 Å². The molecule has 3 aromatic rings. The standard InChI is InChI=1S/C20H23ClFN5OS/c1-26(13-14-15(21)6-5-7-16(14)22)19(28)12-23-17(9-11-29-2)20-25-24-18-8-3-4-10-27(18)20/h3-8,10,17,23H,9,11-13H2,1-2H3/t17-/m1/s1. The second-order valence-corrected chi connectivity index (χ2v) is 8.04. The third-order valence-corrected chi connectivity index (χ3v) is 5.64. The van der Waals surface area contributed by atoms with E-state index >= 15 is 0 Å². The van der Waals surface area contributed by atoms with Gasteiger partial charge in [0.2, 0.25) is 5.91 Å². The van der Waals surface area contributed by atoms with E-state index in [-0.39, 0.29) is 25.0 Å². The Bertz CT molecular complexity index is 962. The quantitative estimate of drug-likeness (QED) is 0.556. The second-order valence-electron chi connectivity index (χ2n) is 6.65. The molecule has 0 aliphatic rings. The van der Waals surface area contributed by atoms with Gasteiger partial charge < -0.3 is 4.90 Å². The Hall–Kier alpha value is -2.16. The summed E-state index contributed by atoms with van der Waals surface area (Å²) in [6.07, 6.45) is 4.75. The molecule has 0 spiro atoms. The molecule has 1 atom stereocenters. The van der Waals surface area contributed by atoms with E-state index in [2.05, 4.69) is 15.5 Å². The van der Waals surface area contributed by atoms with Crippen LogP contribution in [0.5, 0.6) is 0 Å². The lowest BCUT2D eigenvalue weighted by Crippen LogP contribution is -2.37. The van der Waals surface area contributed by atoms with Gasteiger partial charge in [-0.2, -0.15) is 11.8 Å². The number of benzene rings is 1. The second kappa shape index (κ2) is 10.0. The minimum Gasteiger partial charge on any atom is -0.340 e. The third-order valence-electron chi connectivity index (χ3n) is 4.64. The molecule has 9 heteroatoms. The van der Waals surface area contributed by atoms with Gasteiger partial charge in [-0.25, -0.2) is 4.39 Å². The van der Waals surface area contributed by atoms with Crippen molar-refractivity contribution in [1.29, 1.82) is 0 Å². The maximum Gasteiger partial charge on any atom is 0.236 e. The van der Waals surface area contributed by atoms with Crippen molar-refractivity contribution in [2.45, 2.75) is 19.0 Å². The smallest absolute Gasteiger partial charge is 0.236 e. The lowest BCUT2D eigenvalue weighted by Gasteiger charge is -2.21. The lowest BCUT2D eigenvalue weighted by molar-refractivity contribution is -0.129. The van der Waals surface area contributed by atoms with Crippen molar-refractivity contribution in [3.05, 3.63) is 64.8 Å². The molecule has 0 aliphatic heterocycles. The van der Waals surface area contributed by atoms with E-state index in [0.717, 1.165) is 23.6 Å². The summed E-state index contributed by atoms with van der Waals surface area (Å²) in [7, 11) is 1.64. The average Bonchev–Trinajstić information content (AvgIpc) is 3.14. The molecule has 0 aliphatic carbocycles. The number of rotatable bonds is 9. The first-order valence-electron chi connectivity index (χ1n) is 9.20. The fraction of sp³-hybridized carbons (Fsp3) is 0.350. The zero-order valence-electron chi connectivity index (χ0n) is 16.3. The van der Waals surface area contributed by atoms with E-state index in [1.165, 1.54) is 11.0 Å². The first kappa shape index (κ1) is 21.5. The fourth-order valence-electron chi connectivity index (χ4n) is 3.01. The topological polar surface area (TPSA) is 62.5 Å². The molecule has 1 N–H and O–H groups in total. The zero-order chi connectivity index (χ0) is 20.8. The summed E-state index contributed by atoms with van der Waals surface area (Å²) in [6.45, 7) is 0.207. The summed E-state index contributed by atoms with van der Waals surface area (Å²) >= 11 is 7.80. The van der Waals surface area contributed by atoms with Gasteiger partial charge >= 0.3 is 0 Å². The van der Waals surface area contributed by atoms with Crippen LogP contribution in [0.3, 0.4) is 0 Å². The highest BCUT2D eigenvalue weighted by atomic mass is 35.5. The minimum atomic E-state index is -0.419. The van der Waals surface area contributed by atoms with Crippen molar-refractivity contribution in [1.82, 2.24) is 24.8 Å². The number of carbonyl (C=O) groups is 1. The number of hydrogen-bond donors (Lipinski definition) is 1. The normalized spacial score (nSPS) is 12.3. The van der Waals surface area contributed by atoms with Crippen LogP contribution in [-0.2, 0) is 11.3 Å². The molecule has 1 aromatic carbocycles. The highest BCUT2D eigenvalue weighted by Gasteiger charge is 2.20. The number of halogens is 2. The van der Waals surface area contributed by atoms with Crippen LogP contribution in [0.15, 0.2) is 42.6 Å². The fourth-order valence-corrected chi connectivity index (χ4v) is 3.70. The first-order chi connectivity index (χ1) is 14.0. The number of nitrogens with one attached hydrogen (secondary N) is 1. The molecule has 3 rings (SSSR count). The van der Waals surface area contributed by atoms with E-state index in [4.69, 9.17) is 11.6 Å². The maximum absolute atomic E-state index is 14.0. The molecule has 2 aromatic heterocycles. The average molecular weight is 436 g/mol. The number of aromatic nitrogens is 3. The van der Waals surface area contributed by atoms with Gasteiger partial charge in [0.05, 0.1) is 12.6 Å². The number of likely N-dealkylation sites (N-methyl/N-ethyl adjacent to an activating group) is 1. The number of pyridine rings is 1. The SMILES string of the molecule is CSCC[C@@H](NCC(=O)N(C)Cc1c(F)cccc1Cl)c1nnc2ccccn12. The van der Waals surface area contributed by atoms with Crippen LogP contribution in [0.25, 0.3) is 5.65 Å². The first-order valence-corrected chi connectivity index (χ1v) is 11.0. The predicted molar refractivity (Wildman–Crippen MR) is 115 cm³/mol. The molecule has 2 heterocycles. The van der Waals surface area contributed by atoms with Crippen LogP contribution in [-0.4, -0.2) is 51.0 Å². The van der Waals surface area contributed by atoms with Crippen molar-refractivity contribution < 1.29 is 9.18 Å². The van der Waals surface area contributed by atoms with Gasteiger partial charge in [-0.05, 0) is 42.7 Å². The molecule has 0 unspecified atom stereocenters. The summed E-state index contributed by atoms with van der Waals surface area (Å²) < 4.78 is 15.9. The molecule has 6 nitrogen and oxygen atoms in total. The van der Waals surface area contributed by atoms with Gasteiger partial charge in [0.15, 0.2) is 11.5 Å². The number of hydrogen-bond acceptors (Lipinski definition) is 5. The Morgan fingerprint density at radius 1 is 1.31 bits per heavy atom. The summed E-state index contributed by atoms with van der Waals surface area (Å²) in [4.78, 5) is 14.1. The summed E-state index contributed by atoms with van der Waals surface area (Å²) in [5.74, 6) is 1.10. The number of amides is 1. The van der Waals surface area contributed by atoms with Gasteiger partial charge in [0.1, 0.15) is 5.82 Å². The van der Waals surface area contributed by atoms with E-state index in [1.54, 1.807) is 30.9 Å². The van der Waals surface area contributed by atoms with Crippen LogP contribution in [0.2, 0.25) is 5.02 Å². The van der Waals surface area contributed by atoms with Crippen molar-refractivity contribution in [2.75, 3.05) is 25.6 Å². The van der Waals surface area contributed by atoms with Crippen LogP contribution >= 0.6 is 23.4 Å². The highest BCUT2D eigenvalue weighted by Crippen LogP contribution is 2.21. The molecule has 0 saturated heterocycles. The Balaban J connectivity index is 1.68. The Labute approximate surface area is 178 Å². The number of nitrogens with zero attached hydrogens (tertiary/aromatic N) is 4. The monoisotopic (exact) mass is 435 g/mol. The van der Waals surface area contributed by atoms with Crippen LogP contribution < -0.4 is 5.32 Å². The Morgan fingerprint density at radius 3 is 2.90 bits per heavy atom. The summed E-state index contributed by atoms with van der Waals surface area (Å²) in [5.41, 5.74) is 1.07. The number of thioether (sulfide) groups is 1. The van der Waals surface area contributed by atoms with Gasteiger partial charge in [-0.1, -0.05) is 23.7 Å². The van der Waals surface area contributed by atoms with Gasteiger partial charge in [-0.3, -0.25) is 14.5 Å². The predicted octanol–water partition coefficient (Wildman–Crippen LogP) is 3.56. The molecule has 29 heavy (non-hydrogen) atoms.